The number of hydrogen-bond acceptors (Lipinski definition) is 2. The van der Waals surface area contributed by atoms with E-state index in [9.17, 15) is 13.6 Å². The zero-order chi connectivity index (χ0) is 14.3. The number of carbonyl (C=O) groups is 1. The Morgan fingerprint density at radius 2 is 1.79 bits per heavy atom. The Hall–Kier alpha value is -1.49. The highest BCUT2D eigenvalue weighted by atomic mass is 19.3. The van der Waals surface area contributed by atoms with Gasteiger partial charge in [0, 0.05) is 31.1 Å². The first kappa shape index (κ1) is 15.6. The van der Waals surface area contributed by atoms with Gasteiger partial charge in [-0.15, -0.1) is 0 Å². The van der Waals surface area contributed by atoms with Crippen LogP contribution >= 0.6 is 0 Å². The highest BCUT2D eigenvalue weighted by Gasteiger charge is 2.06. The fraction of sp³-hybridized carbons (Fsp3) is 0.500. The van der Waals surface area contributed by atoms with Gasteiger partial charge < -0.3 is 10.6 Å². The van der Waals surface area contributed by atoms with E-state index in [1.165, 1.54) is 12.1 Å². The highest BCUT2D eigenvalue weighted by Crippen LogP contribution is 2.18. The highest BCUT2D eigenvalue weighted by molar-refractivity contribution is 5.77. The number of hydrogen-bond donors (Lipinski definition) is 2. The maximum Gasteiger partial charge on any atom is 0.263 e. The molecule has 19 heavy (non-hydrogen) atoms. The molecule has 0 aliphatic rings. The average Bonchev–Trinajstić information content (AvgIpc) is 2.38. The third-order valence-electron chi connectivity index (χ3n) is 2.69. The van der Waals surface area contributed by atoms with Crippen LogP contribution < -0.4 is 10.6 Å². The zero-order valence-electron chi connectivity index (χ0n) is 11.2. The minimum Gasteiger partial charge on any atom is -0.355 e. The lowest BCUT2D eigenvalue weighted by Gasteiger charge is -2.09. The SMILES string of the molecule is CC(C)C(=O)NCCNCc1ccc(C(F)F)cc1. The fourth-order valence-corrected chi connectivity index (χ4v) is 1.49. The van der Waals surface area contributed by atoms with Crippen LogP contribution in [0.4, 0.5) is 8.78 Å². The number of benzene rings is 1. The van der Waals surface area contributed by atoms with Crippen molar-refractivity contribution in [1.82, 2.24) is 10.6 Å². The van der Waals surface area contributed by atoms with Crippen LogP contribution in [0, 0.1) is 5.92 Å². The summed E-state index contributed by atoms with van der Waals surface area (Å²) in [6.45, 7) is 5.49. The average molecular weight is 270 g/mol. The zero-order valence-corrected chi connectivity index (χ0v) is 11.2. The lowest BCUT2D eigenvalue weighted by atomic mass is 10.1. The summed E-state index contributed by atoms with van der Waals surface area (Å²) in [5.41, 5.74) is 0.979. The van der Waals surface area contributed by atoms with Crippen LogP contribution in [0.3, 0.4) is 0 Å². The van der Waals surface area contributed by atoms with Gasteiger partial charge in [0.1, 0.15) is 0 Å². The van der Waals surface area contributed by atoms with Crippen LogP contribution in [0.25, 0.3) is 0 Å². The second-order valence-corrected chi connectivity index (χ2v) is 4.66. The summed E-state index contributed by atoms with van der Waals surface area (Å²) in [6, 6.07) is 6.23. The van der Waals surface area contributed by atoms with Crippen molar-refractivity contribution < 1.29 is 13.6 Å². The van der Waals surface area contributed by atoms with Crippen LogP contribution in [0.5, 0.6) is 0 Å². The minimum absolute atomic E-state index is 0.0121. The first-order valence-electron chi connectivity index (χ1n) is 6.36. The molecule has 0 radical (unpaired) electrons. The van der Waals surface area contributed by atoms with Crippen molar-refractivity contribution in [2.45, 2.75) is 26.8 Å². The number of amides is 1. The lowest BCUT2D eigenvalue weighted by Crippen LogP contribution is -2.34. The van der Waals surface area contributed by atoms with Gasteiger partial charge in [-0.1, -0.05) is 38.1 Å². The Morgan fingerprint density at radius 1 is 1.16 bits per heavy atom. The van der Waals surface area contributed by atoms with E-state index >= 15 is 0 Å². The standard InChI is InChI=1S/C14H20F2N2O/c1-10(2)14(19)18-8-7-17-9-11-3-5-12(6-4-11)13(15)16/h3-6,10,13,17H,7-9H2,1-2H3,(H,18,19). The molecule has 0 spiro atoms. The lowest BCUT2D eigenvalue weighted by molar-refractivity contribution is -0.123. The Labute approximate surface area is 112 Å². The molecule has 2 N–H and O–H groups in total. The van der Waals surface area contributed by atoms with E-state index in [4.69, 9.17) is 0 Å². The predicted octanol–water partition coefficient (Wildman–Crippen LogP) is 2.49. The van der Waals surface area contributed by atoms with Crippen LogP contribution in [0.15, 0.2) is 24.3 Å². The molecule has 3 nitrogen and oxygen atoms in total. The summed E-state index contributed by atoms with van der Waals surface area (Å²) in [5.74, 6) is 0.0185. The molecule has 0 heterocycles. The first-order valence-corrected chi connectivity index (χ1v) is 6.36. The molecule has 0 aliphatic carbocycles. The third kappa shape index (κ3) is 5.79. The summed E-state index contributed by atoms with van der Waals surface area (Å²) < 4.78 is 24.7. The molecule has 1 rings (SSSR count). The summed E-state index contributed by atoms with van der Waals surface area (Å²) in [5, 5.41) is 5.93. The van der Waals surface area contributed by atoms with Gasteiger partial charge in [0.25, 0.3) is 6.43 Å². The van der Waals surface area contributed by atoms with Crippen molar-refractivity contribution in [3.63, 3.8) is 0 Å². The molecule has 0 atom stereocenters. The van der Waals surface area contributed by atoms with E-state index in [0.717, 1.165) is 5.56 Å². The smallest absolute Gasteiger partial charge is 0.263 e. The van der Waals surface area contributed by atoms with Crippen molar-refractivity contribution in [2.75, 3.05) is 13.1 Å². The Balaban J connectivity index is 2.21. The van der Waals surface area contributed by atoms with Crippen molar-refractivity contribution in [3.05, 3.63) is 35.4 Å². The van der Waals surface area contributed by atoms with Crippen LogP contribution in [-0.4, -0.2) is 19.0 Å². The summed E-state index contributed by atoms with van der Waals surface area (Å²) >= 11 is 0. The second-order valence-electron chi connectivity index (χ2n) is 4.66. The summed E-state index contributed by atoms with van der Waals surface area (Å²) in [7, 11) is 0. The van der Waals surface area contributed by atoms with Gasteiger partial charge in [0.05, 0.1) is 0 Å². The molecule has 1 amide bonds. The van der Waals surface area contributed by atoms with E-state index in [0.29, 0.717) is 19.6 Å². The van der Waals surface area contributed by atoms with Gasteiger partial charge >= 0.3 is 0 Å². The summed E-state index contributed by atoms with van der Waals surface area (Å²) in [6.07, 6.45) is -2.42. The van der Waals surface area contributed by atoms with Crippen LogP contribution in [-0.2, 0) is 11.3 Å². The number of alkyl halides is 2. The number of nitrogens with one attached hydrogen (secondary N) is 2. The molecule has 0 aliphatic heterocycles. The van der Waals surface area contributed by atoms with E-state index in [-0.39, 0.29) is 17.4 Å². The molecule has 0 saturated carbocycles. The van der Waals surface area contributed by atoms with Crippen LogP contribution in [0.2, 0.25) is 0 Å². The van der Waals surface area contributed by atoms with Gasteiger partial charge in [0.15, 0.2) is 0 Å². The van der Waals surface area contributed by atoms with E-state index in [2.05, 4.69) is 10.6 Å². The molecular formula is C14H20F2N2O. The molecular weight excluding hydrogens is 250 g/mol. The molecule has 0 bridgehead atoms. The molecule has 5 heteroatoms. The van der Waals surface area contributed by atoms with Gasteiger partial charge in [-0.25, -0.2) is 8.78 Å². The monoisotopic (exact) mass is 270 g/mol. The Kier molecular flexibility index (Phi) is 6.42. The second kappa shape index (κ2) is 7.84. The molecule has 0 fully saturated rings. The molecule has 0 unspecified atom stereocenters. The van der Waals surface area contributed by atoms with Crippen LogP contribution in [0.1, 0.15) is 31.4 Å². The van der Waals surface area contributed by atoms with Gasteiger partial charge in [-0.3, -0.25) is 4.79 Å². The fourth-order valence-electron chi connectivity index (χ4n) is 1.49. The number of rotatable bonds is 7. The molecule has 0 aromatic heterocycles. The Bertz CT molecular complexity index is 391. The van der Waals surface area contributed by atoms with Gasteiger partial charge in [-0.05, 0) is 5.56 Å². The summed E-state index contributed by atoms with van der Waals surface area (Å²) in [4.78, 5) is 11.3. The Morgan fingerprint density at radius 3 is 2.32 bits per heavy atom. The third-order valence-corrected chi connectivity index (χ3v) is 2.69. The van der Waals surface area contributed by atoms with Crippen molar-refractivity contribution >= 4 is 5.91 Å². The van der Waals surface area contributed by atoms with Gasteiger partial charge in [0.2, 0.25) is 5.91 Å². The molecule has 0 saturated heterocycles. The normalized spacial score (nSPS) is 11.1. The maximum absolute atomic E-state index is 12.3. The van der Waals surface area contributed by atoms with Crippen molar-refractivity contribution in [1.29, 1.82) is 0 Å². The first-order chi connectivity index (χ1) is 9.00. The maximum atomic E-state index is 12.3. The molecule has 1 aromatic rings. The van der Waals surface area contributed by atoms with E-state index in [1.807, 2.05) is 13.8 Å². The van der Waals surface area contributed by atoms with E-state index in [1.54, 1.807) is 12.1 Å². The quantitative estimate of drug-likeness (QED) is 0.747. The predicted molar refractivity (Wildman–Crippen MR) is 71.0 cm³/mol. The van der Waals surface area contributed by atoms with Crippen molar-refractivity contribution in [3.8, 4) is 0 Å². The molecule has 106 valence electrons. The van der Waals surface area contributed by atoms with Crippen molar-refractivity contribution in [2.24, 2.45) is 5.92 Å². The topological polar surface area (TPSA) is 41.1 Å². The largest absolute Gasteiger partial charge is 0.355 e. The number of halogens is 2. The number of carbonyl (C=O) groups excluding carboxylic acids is 1. The molecule has 1 aromatic carbocycles. The minimum atomic E-state index is -2.42. The van der Waals surface area contributed by atoms with Gasteiger partial charge in [-0.2, -0.15) is 0 Å². The van der Waals surface area contributed by atoms with E-state index < -0.39 is 6.43 Å².